The molecule has 0 amide bonds. The lowest BCUT2D eigenvalue weighted by atomic mass is 10.1. The Morgan fingerprint density at radius 2 is 0.600 bits per heavy atom. The highest BCUT2D eigenvalue weighted by Crippen LogP contribution is 2.40. The average molecular weight is 559 g/mol. The van der Waals surface area contributed by atoms with E-state index in [1.807, 2.05) is 24.3 Å². The summed E-state index contributed by atoms with van der Waals surface area (Å²) in [5.74, 6) is -0.448. The molecule has 0 nitrogen and oxygen atoms in total. The van der Waals surface area contributed by atoms with Crippen LogP contribution in [0.3, 0.4) is 0 Å². The van der Waals surface area contributed by atoms with Crippen LogP contribution in [0.4, 0.5) is 8.78 Å². The highest BCUT2D eigenvalue weighted by Gasteiger charge is 2.09. The van der Waals surface area contributed by atoms with E-state index in [1.54, 1.807) is 46.9 Å². The van der Waals surface area contributed by atoms with Crippen molar-refractivity contribution in [1.29, 1.82) is 0 Å². The molecule has 0 unspecified atom stereocenters. The molecule has 194 valence electrons. The predicted molar refractivity (Wildman–Crippen MR) is 169 cm³/mol. The monoisotopic (exact) mass is 558 g/mol. The Labute approximate surface area is 240 Å². The van der Waals surface area contributed by atoms with Crippen LogP contribution in [0.5, 0.6) is 0 Å². The van der Waals surface area contributed by atoms with Crippen LogP contribution in [0.25, 0.3) is 54.9 Å². The SMILES string of the molecule is Fc1ccc(/C=C/c2ccc(-c3ccc(-c4ccc(-c5ccc(/C=C/c6ccc(F)cc6)cc5)s4)s3)cc2)cc1. The van der Waals surface area contributed by atoms with Gasteiger partial charge in [-0.2, -0.15) is 0 Å². The lowest BCUT2D eigenvalue weighted by molar-refractivity contribution is 0.627. The maximum atomic E-state index is 13.1. The number of halogens is 2. The van der Waals surface area contributed by atoms with Crippen LogP contribution in [0.15, 0.2) is 121 Å². The second-order valence-electron chi connectivity index (χ2n) is 9.34. The van der Waals surface area contributed by atoms with Gasteiger partial charge in [-0.05, 0) is 81.9 Å². The first-order valence-corrected chi connectivity index (χ1v) is 14.5. The van der Waals surface area contributed by atoms with Crippen LogP contribution >= 0.6 is 22.7 Å². The van der Waals surface area contributed by atoms with Gasteiger partial charge in [0.25, 0.3) is 0 Å². The van der Waals surface area contributed by atoms with Crippen molar-refractivity contribution in [3.8, 4) is 30.6 Å². The molecule has 0 N–H and O–H groups in total. The maximum Gasteiger partial charge on any atom is 0.123 e. The maximum absolute atomic E-state index is 13.1. The number of hydrogen-bond acceptors (Lipinski definition) is 2. The molecule has 0 saturated carbocycles. The normalized spacial score (nSPS) is 11.6. The molecule has 4 heteroatoms. The Morgan fingerprint density at radius 3 is 0.925 bits per heavy atom. The summed E-state index contributed by atoms with van der Waals surface area (Å²) >= 11 is 3.59. The molecule has 0 radical (unpaired) electrons. The molecule has 0 aliphatic carbocycles. The predicted octanol–water partition coefficient (Wildman–Crippen LogP) is 11.4. The zero-order valence-electron chi connectivity index (χ0n) is 21.4. The van der Waals surface area contributed by atoms with Gasteiger partial charge in [0.05, 0.1) is 0 Å². The molecule has 4 aromatic carbocycles. The Hall–Kier alpha value is -4.38. The van der Waals surface area contributed by atoms with Gasteiger partial charge in [0.15, 0.2) is 0 Å². The molecule has 0 aliphatic heterocycles. The van der Waals surface area contributed by atoms with Crippen LogP contribution in [-0.4, -0.2) is 0 Å². The summed E-state index contributed by atoms with van der Waals surface area (Å²) in [6.07, 6.45) is 8.06. The Bertz CT molecular complexity index is 1630. The first kappa shape index (κ1) is 25.9. The van der Waals surface area contributed by atoms with Gasteiger partial charge in [0, 0.05) is 19.5 Å². The van der Waals surface area contributed by atoms with Gasteiger partial charge in [0.2, 0.25) is 0 Å². The fourth-order valence-corrected chi connectivity index (χ4v) is 6.41. The number of benzene rings is 4. The van der Waals surface area contributed by atoms with Gasteiger partial charge < -0.3 is 0 Å². The minimum atomic E-state index is -0.224. The molecule has 6 rings (SSSR count). The van der Waals surface area contributed by atoms with E-state index in [2.05, 4.69) is 72.8 Å². The zero-order chi connectivity index (χ0) is 27.3. The molecule has 0 spiro atoms. The molecule has 0 aliphatic rings. The van der Waals surface area contributed by atoms with Gasteiger partial charge >= 0.3 is 0 Å². The third-order valence-electron chi connectivity index (χ3n) is 6.52. The summed E-state index contributed by atoms with van der Waals surface area (Å²) in [6, 6.07) is 38.8. The molecular formula is C36H24F2S2. The van der Waals surface area contributed by atoms with Crippen molar-refractivity contribution < 1.29 is 8.78 Å². The van der Waals surface area contributed by atoms with Crippen molar-refractivity contribution in [2.45, 2.75) is 0 Å². The van der Waals surface area contributed by atoms with Crippen LogP contribution in [0.2, 0.25) is 0 Å². The Balaban J connectivity index is 1.12. The highest BCUT2D eigenvalue weighted by molar-refractivity contribution is 7.25. The van der Waals surface area contributed by atoms with E-state index < -0.39 is 0 Å². The fourth-order valence-electron chi connectivity index (χ4n) is 4.30. The first-order chi connectivity index (χ1) is 19.6. The van der Waals surface area contributed by atoms with Crippen molar-refractivity contribution in [3.63, 3.8) is 0 Å². The quantitative estimate of drug-likeness (QED) is 0.171. The summed E-state index contributed by atoms with van der Waals surface area (Å²) < 4.78 is 26.2. The lowest BCUT2D eigenvalue weighted by Crippen LogP contribution is -1.76. The van der Waals surface area contributed by atoms with Crippen LogP contribution in [0.1, 0.15) is 22.3 Å². The molecule has 0 fully saturated rings. The van der Waals surface area contributed by atoms with Gasteiger partial charge in [0.1, 0.15) is 11.6 Å². The van der Waals surface area contributed by atoms with Crippen molar-refractivity contribution in [1.82, 2.24) is 0 Å². The largest absolute Gasteiger partial charge is 0.207 e. The molecule has 2 aromatic heterocycles. The summed E-state index contributed by atoms with van der Waals surface area (Å²) in [6.45, 7) is 0. The molecular weight excluding hydrogens is 535 g/mol. The smallest absolute Gasteiger partial charge is 0.123 e. The lowest BCUT2D eigenvalue weighted by Gasteiger charge is -2.00. The first-order valence-electron chi connectivity index (χ1n) is 12.9. The minimum absolute atomic E-state index is 0.224. The summed E-state index contributed by atoms with van der Waals surface area (Å²) in [4.78, 5) is 4.98. The second-order valence-corrected chi connectivity index (χ2v) is 11.5. The van der Waals surface area contributed by atoms with Gasteiger partial charge in [-0.1, -0.05) is 97.1 Å². The topological polar surface area (TPSA) is 0 Å². The van der Waals surface area contributed by atoms with E-state index in [9.17, 15) is 8.78 Å². The van der Waals surface area contributed by atoms with Gasteiger partial charge in [-0.3, -0.25) is 0 Å². The van der Waals surface area contributed by atoms with E-state index in [1.165, 1.54) is 54.9 Å². The Kier molecular flexibility index (Phi) is 7.62. The van der Waals surface area contributed by atoms with Crippen molar-refractivity contribution >= 4 is 47.0 Å². The van der Waals surface area contributed by atoms with E-state index in [0.717, 1.165) is 22.3 Å². The van der Waals surface area contributed by atoms with Gasteiger partial charge in [-0.25, -0.2) is 8.78 Å². The molecule has 0 bridgehead atoms. The summed E-state index contributed by atoms with van der Waals surface area (Å²) in [5.41, 5.74) is 6.53. The van der Waals surface area contributed by atoms with E-state index in [4.69, 9.17) is 0 Å². The van der Waals surface area contributed by atoms with E-state index in [0.29, 0.717) is 0 Å². The average Bonchev–Trinajstić information content (AvgIpc) is 3.68. The highest BCUT2D eigenvalue weighted by atomic mass is 32.1. The van der Waals surface area contributed by atoms with Crippen molar-refractivity contribution in [2.24, 2.45) is 0 Å². The van der Waals surface area contributed by atoms with E-state index >= 15 is 0 Å². The molecule has 2 heterocycles. The third kappa shape index (κ3) is 6.26. The number of thiophene rings is 2. The standard InChI is InChI=1S/C36H24F2S2/c37-31-17-9-27(10-18-31)3-1-25-5-13-29(14-6-25)33-21-23-35(39-33)36-24-22-34(40-36)30-15-7-26(8-16-30)2-4-28-11-19-32(38)20-12-28/h1-24H/b3-1+,4-2+. The minimum Gasteiger partial charge on any atom is -0.207 e. The van der Waals surface area contributed by atoms with Crippen LogP contribution < -0.4 is 0 Å². The second kappa shape index (κ2) is 11.8. The number of hydrogen-bond donors (Lipinski definition) is 0. The van der Waals surface area contributed by atoms with Crippen LogP contribution in [-0.2, 0) is 0 Å². The fraction of sp³-hybridized carbons (Fsp3) is 0. The van der Waals surface area contributed by atoms with Gasteiger partial charge in [-0.15, -0.1) is 22.7 Å². The molecule has 40 heavy (non-hydrogen) atoms. The molecule has 0 atom stereocenters. The zero-order valence-corrected chi connectivity index (χ0v) is 23.1. The Morgan fingerprint density at radius 1 is 0.325 bits per heavy atom. The number of rotatable bonds is 7. The van der Waals surface area contributed by atoms with Crippen molar-refractivity contribution in [3.05, 3.63) is 155 Å². The summed E-state index contributed by atoms with van der Waals surface area (Å²) in [5, 5.41) is 0. The third-order valence-corrected chi connectivity index (χ3v) is 8.99. The van der Waals surface area contributed by atoms with Crippen LogP contribution in [0, 0.1) is 11.6 Å². The van der Waals surface area contributed by atoms with Crippen molar-refractivity contribution in [2.75, 3.05) is 0 Å². The van der Waals surface area contributed by atoms with E-state index in [-0.39, 0.29) is 11.6 Å². The summed E-state index contributed by atoms with van der Waals surface area (Å²) in [7, 11) is 0. The molecule has 6 aromatic rings. The molecule has 0 saturated heterocycles.